The first kappa shape index (κ1) is 12.5. The van der Waals surface area contributed by atoms with Crippen LogP contribution in [0.2, 0.25) is 0 Å². The Bertz CT molecular complexity index is 387. The van der Waals surface area contributed by atoms with Crippen molar-refractivity contribution >= 4 is 5.69 Å². The molecule has 0 radical (unpaired) electrons. The van der Waals surface area contributed by atoms with E-state index in [4.69, 9.17) is 10.00 Å². The molecule has 1 aromatic carbocycles. The molecule has 0 saturated carbocycles. The Labute approximate surface area is 94.8 Å². The number of benzene rings is 1. The standard InChI is InChI=1S/C12H15FN2O/c1-3-16-8-9(2)15-12-5-4-11(13)6-10(12)7-14/h4-6,9,15H,3,8H2,1-2H3. The number of ether oxygens (including phenoxy) is 1. The average molecular weight is 222 g/mol. The van der Waals surface area contributed by atoms with Gasteiger partial charge in [-0.3, -0.25) is 0 Å². The number of anilines is 1. The number of nitriles is 1. The SMILES string of the molecule is CCOCC(C)Nc1ccc(F)cc1C#N. The molecule has 1 unspecified atom stereocenters. The fourth-order valence-corrected chi connectivity index (χ4v) is 1.34. The lowest BCUT2D eigenvalue weighted by Crippen LogP contribution is -2.22. The van der Waals surface area contributed by atoms with E-state index < -0.39 is 5.82 Å². The molecule has 0 amide bonds. The number of hydrogen-bond donors (Lipinski definition) is 1. The minimum Gasteiger partial charge on any atom is -0.380 e. The summed E-state index contributed by atoms with van der Waals surface area (Å²) in [5.74, 6) is -0.403. The second kappa shape index (κ2) is 6.09. The maximum absolute atomic E-state index is 12.9. The first-order valence-electron chi connectivity index (χ1n) is 5.21. The Hall–Kier alpha value is -1.60. The lowest BCUT2D eigenvalue weighted by Gasteiger charge is -2.15. The molecule has 0 spiro atoms. The number of halogens is 1. The van der Waals surface area contributed by atoms with Gasteiger partial charge in [-0.25, -0.2) is 4.39 Å². The predicted molar refractivity (Wildman–Crippen MR) is 60.7 cm³/mol. The van der Waals surface area contributed by atoms with E-state index in [9.17, 15) is 4.39 Å². The maximum atomic E-state index is 12.9. The first-order chi connectivity index (χ1) is 7.67. The molecule has 3 nitrogen and oxygen atoms in total. The molecule has 0 saturated heterocycles. The summed E-state index contributed by atoms with van der Waals surface area (Å²) in [5.41, 5.74) is 0.944. The van der Waals surface area contributed by atoms with Crippen molar-refractivity contribution in [2.24, 2.45) is 0 Å². The van der Waals surface area contributed by atoms with Gasteiger partial charge in [-0.1, -0.05) is 0 Å². The van der Waals surface area contributed by atoms with Crippen LogP contribution in [0.3, 0.4) is 0 Å². The Morgan fingerprint density at radius 2 is 2.31 bits per heavy atom. The largest absolute Gasteiger partial charge is 0.380 e. The van der Waals surface area contributed by atoms with Gasteiger partial charge in [0, 0.05) is 12.6 Å². The van der Waals surface area contributed by atoms with Gasteiger partial charge in [0.1, 0.15) is 11.9 Å². The van der Waals surface area contributed by atoms with Crippen molar-refractivity contribution < 1.29 is 9.13 Å². The molecule has 0 aliphatic rings. The van der Waals surface area contributed by atoms with Crippen LogP contribution >= 0.6 is 0 Å². The highest BCUT2D eigenvalue weighted by molar-refractivity contribution is 5.57. The molecule has 1 N–H and O–H groups in total. The Kier molecular flexibility index (Phi) is 4.74. The molecule has 4 heteroatoms. The third-order valence-corrected chi connectivity index (χ3v) is 2.08. The van der Waals surface area contributed by atoms with Crippen molar-refractivity contribution in [3.05, 3.63) is 29.6 Å². The van der Waals surface area contributed by atoms with Crippen molar-refractivity contribution in [1.82, 2.24) is 0 Å². The summed E-state index contributed by atoms with van der Waals surface area (Å²) in [7, 11) is 0. The molecule has 0 bridgehead atoms. The van der Waals surface area contributed by atoms with Gasteiger partial charge in [0.2, 0.25) is 0 Å². The van der Waals surface area contributed by atoms with Gasteiger partial charge in [-0.05, 0) is 32.0 Å². The maximum Gasteiger partial charge on any atom is 0.124 e. The summed E-state index contributed by atoms with van der Waals surface area (Å²) >= 11 is 0. The van der Waals surface area contributed by atoms with E-state index in [1.54, 1.807) is 6.07 Å². The lowest BCUT2D eigenvalue weighted by atomic mass is 10.1. The van der Waals surface area contributed by atoms with Crippen LogP contribution in [0.25, 0.3) is 0 Å². The third kappa shape index (κ3) is 3.52. The number of nitrogens with zero attached hydrogens (tertiary/aromatic N) is 1. The molecule has 0 heterocycles. The number of nitrogens with one attached hydrogen (secondary N) is 1. The second-order valence-electron chi connectivity index (χ2n) is 3.51. The first-order valence-corrected chi connectivity index (χ1v) is 5.21. The van der Waals surface area contributed by atoms with Crippen molar-refractivity contribution in [2.75, 3.05) is 18.5 Å². The van der Waals surface area contributed by atoms with Crippen LogP contribution in [0.15, 0.2) is 18.2 Å². The van der Waals surface area contributed by atoms with Crippen LogP contribution in [0, 0.1) is 17.1 Å². The molecule has 16 heavy (non-hydrogen) atoms. The zero-order valence-electron chi connectivity index (χ0n) is 9.46. The quantitative estimate of drug-likeness (QED) is 0.832. The Morgan fingerprint density at radius 3 is 2.94 bits per heavy atom. The van der Waals surface area contributed by atoms with E-state index in [0.29, 0.717) is 24.5 Å². The van der Waals surface area contributed by atoms with Crippen LogP contribution in [-0.4, -0.2) is 19.3 Å². The van der Waals surface area contributed by atoms with Gasteiger partial charge in [0.05, 0.1) is 17.9 Å². The van der Waals surface area contributed by atoms with Crippen LogP contribution in [-0.2, 0) is 4.74 Å². The molecule has 1 rings (SSSR count). The van der Waals surface area contributed by atoms with Gasteiger partial charge < -0.3 is 10.1 Å². The predicted octanol–water partition coefficient (Wildman–Crippen LogP) is 2.53. The fraction of sp³-hybridized carbons (Fsp3) is 0.417. The molecule has 0 aromatic heterocycles. The Morgan fingerprint density at radius 1 is 1.56 bits per heavy atom. The summed E-state index contributed by atoms with van der Waals surface area (Å²) in [4.78, 5) is 0. The molecule has 0 aliphatic heterocycles. The number of rotatable bonds is 5. The summed E-state index contributed by atoms with van der Waals surface area (Å²) in [6.07, 6.45) is 0. The van der Waals surface area contributed by atoms with Crippen LogP contribution in [0.5, 0.6) is 0 Å². The van der Waals surface area contributed by atoms with Gasteiger partial charge in [-0.2, -0.15) is 5.26 Å². The van der Waals surface area contributed by atoms with E-state index in [2.05, 4.69) is 5.32 Å². The summed E-state index contributed by atoms with van der Waals surface area (Å²) < 4.78 is 18.1. The normalized spacial score (nSPS) is 11.9. The van der Waals surface area contributed by atoms with Crippen molar-refractivity contribution in [2.45, 2.75) is 19.9 Å². The molecular formula is C12H15FN2O. The van der Waals surface area contributed by atoms with E-state index >= 15 is 0 Å². The summed E-state index contributed by atoms with van der Waals surface area (Å²) in [5, 5.41) is 12.0. The van der Waals surface area contributed by atoms with Gasteiger partial charge in [0.15, 0.2) is 0 Å². The average Bonchev–Trinajstić information content (AvgIpc) is 2.28. The lowest BCUT2D eigenvalue weighted by molar-refractivity contribution is 0.141. The monoisotopic (exact) mass is 222 g/mol. The van der Waals surface area contributed by atoms with Crippen LogP contribution in [0.1, 0.15) is 19.4 Å². The van der Waals surface area contributed by atoms with Crippen molar-refractivity contribution in [3.8, 4) is 6.07 Å². The summed E-state index contributed by atoms with van der Waals surface area (Å²) in [6.45, 7) is 5.07. The molecule has 0 aliphatic carbocycles. The van der Waals surface area contributed by atoms with E-state index in [0.717, 1.165) is 0 Å². The molecular weight excluding hydrogens is 207 g/mol. The zero-order chi connectivity index (χ0) is 12.0. The smallest absolute Gasteiger partial charge is 0.124 e. The second-order valence-corrected chi connectivity index (χ2v) is 3.51. The third-order valence-electron chi connectivity index (χ3n) is 2.08. The zero-order valence-corrected chi connectivity index (χ0v) is 9.46. The minimum atomic E-state index is -0.403. The number of hydrogen-bond acceptors (Lipinski definition) is 3. The van der Waals surface area contributed by atoms with Gasteiger partial charge >= 0.3 is 0 Å². The Balaban J connectivity index is 2.70. The van der Waals surface area contributed by atoms with E-state index in [1.165, 1.54) is 12.1 Å². The van der Waals surface area contributed by atoms with E-state index in [1.807, 2.05) is 19.9 Å². The highest BCUT2D eigenvalue weighted by Crippen LogP contribution is 2.16. The van der Waals surface area contributed by atoms with Crippen molar-refractivity contribution in [1.29, 1.82) is 5.26 Å². The van der Waals surface area contributed by atoms with Crippen LogP contribution < -0.4 is 5.32 Å². The highest BCUT2D eigenvalue weighted by Gasteiger charge is 2.07. The fourth-order valence-electron chi connectivity index (χ4n) is 1.34. The highest BCUT2D eigenvalue weighted by atomic mass is 19.1. The van der Waals surface area contributed by atoms with Gasteiger partial charge in [-0.15, -0.1) is 0 Å². The molecule has 1 aromatic rings. The van der Waals surface area contributed by atoms with Crippen molar-refractivity contribution in [3.63, 3.8) is 0 Å². The molecule has 0 fully saturated rings. The topological polar surface area (TPSA) is 45.0 Å². The van der Waals surface area contributed by atoms with Crippen LogP contribution in [0.4, 0.5) is 10.1 Å². The molecule has 1 atom stereocenters. The van der Waals surface area contributed by atoms with Gasteiger partial charge in [0.25, 0.3) is 0 Å². The molecule has 86 valence electrons. The minimum absolute atomic E-state index is 0.0810. The summed E-state index contributed by atoms with van der Waals surface area (Å²) in [6, 6.07) is 6.15. The van der Waals surface area contributed by atoms with E-state index in [-0.39, 0.29) is 6.04 Å².